The smallest absolute Gasteiger partial charge is 0.112 e. The van der Waals surface area contributed by atoms with Gasteiger partial charge in [-0.2, -0.15) is 0 Å². The Morgan fingerprint density at radius 2 is 1.75 bits per heavy atom. The molecule has 1 aliphatic heterocycles. The standard InChI is InChI=1S/C21H21N3/c1-13-8-7-10-16-19(13)14(2)21(3,4)22-20(16)18-12-15-9-5-6-11-17(15)23-24-18/h5-12,14H,1-4H3. The van der Waals surface area contributed by atoms with Crippen molar-refractivity contribution in [2.45, 2.75) is 39.2 Å². The monoisotopic (exact) mass is 315 g/mol. The Bertz CT molecular complexity index is 970. The fourth-order valence-electron chi connectivity index (χ4n) is 3.56. The molecule has 1 atom stereocenters. The minimum atomic E-state index is -0.165. The maximum absolute atomic E-state index is 5.07. The minimum Gasteiger partial charge on any atom is -0.276 e. The van der Waals surface area contributed by atoms with Crippen LogP contribution in [0.25, 0.3) is 10.9 Å². The summed E-state index contributed by atoms with van der Waals surface area (Å²) in [4.78, 5) is 5.07. The summed E-state index contributed by atoms with van der Waals surface area (Å²) in [5.41, 5.74) is 6.43. The van der Waals surface area contributed by atoms with Crippen molar-refractivity contribution in [2.75, 3.05) is 0 Å². The molecule has 0 N–H and O–H groups in total. The van der Waals surface area contributed by atoms with E-state index in [1.807, 2.05) is 18.2 Å². The van der Waals surface area contributed by atoms with E-state index in [0.29, 0.717) is 5.92 Å². The first-order valence-electron chi connectivity index (χ1n) is 8.40. The van der Waals surface area contributed by atoms with Crippen LogP contribution >= 0.6 is 0 Å². The summed E-state index contributed by atoms with van der Waals surface area (Å²) in [5, 5.41) is 9.95. The highest BCUT2D eigenvalue weighted by Crippen LogP contribution is 2.40. The number of hydrogen-bond acceptors (Lipinski definition) is 3. The minimum absolute atomic E-state index is 0.165. The second-order valence-corrected chi connectivity index (χ2v) is 7.16. The van der Waals surface area contributed by atoms with E-state index in [0.717, 1.165) is 22.3 Å². The van der Waals surface area contributed by atoms with Gasteiger partial charge in [0.2, 0.25) is 0 Å². The quantitative estimate of drug-likeness (QED) is 0.654. The second-order valence-electron chi connectivity index (χ2n) is 7.16. The normalized spacial score (nSPS) is 19.0. The molecule has 2 aromatic carbocycles. The van der Waals surface area contributed by atoms with Gasteiger partial charge in [0.25, 0.3) is 0 Å². The first-order valence-corrected chi connectivity index (χ1v) is 8.40. The van der Waals surface area contributed by atoms with Crippen molar-refractivity contribution in [2.24, 2.45) is 4.99 Å². The summed E-state index contributed by atoms with van der Waals surface area (Å²) >= 11 is 0. The lowest BCUT2D eigenvalue weighted by Gasteiger charge is -2.36. The Hall–Kier alpha value is -2.55. The molecule has 0 fully saturated rings. The number of fused-ring (bicyclic) bond motifs is 2. The molecule has 0 amide bonds. The largest absolute Gasteiger partial charge is 0.276 e. The number of nitrogens with zero attached hydrogens (tertiary/aromatic N) is 3. The zero-order chi connectivity index (χ0) is 16.9. The van der Waals surface area contributed by atoms with Gasteiger partial charge in [0, 0.05) is 16.9 Å². The van der Waals surface area contributed by atoms with Crippen molar-refractivity contribution in [3.8, 4) is 0 Å². The van der Waals surface area contributed by atoms with Crippen LogP contribution in [0.3, 0.4) is 0 Å². The summed E-state index contributed by atoms with van der Waals surface area (Å²) in [6.45, 7) is 8.83. The van der Waals surface area contributed by atoms with Crippen LogP contribution in [-0.2, 0) is 0 Å². The molecule has 3 heteroatoms. The van der Waals surface area contributed by atoms with Crippen LogP contribution in [0.1, 0.15) is 49.1 Å². The first-order chi connectivity index (χ1) is 11.5. The Kier molecular flexibility index (Phi) is 3.27. The van der Waals surface area contributed by atoms with Crippen molar-refractivity contribution in [3.05, 3.63) is 70.9 Å². The van der Waals surface area contributed by atoms with E-state index in [-0.39, 0.29) is 5.54 Å². The average molecular weight is 315 g/mol. The number of aromatic nitrogens is 2. The molecular weight excluding hydrogens is 294 g/mol. The van der Waals surface area contributed by atoms with Crippen LogP contribution in [0, 0.1) is 6.92 Å². The Balaban J connectivity index is 1.97. The first kappa shape index (κ1) is 15.0. The lowest BCUT2D eigenvalue weighted by molar-refractivity contribution is 0.430. The van der Waals surface area contributed by atoms with Crippen LogP contribution in [0.4, 0.5) is 0 Å². The molecule has 3 aromatic rings. The summed E-state index contributed by atoms with van der Waals surface area (Å²) < 4.78 is 0. The molecule has 0 aliphatic carbocycles. The van der Waals surface area contributed by atoms with E-state index in [1.54, 1.807) is 0 Å². The fourth-order valence-corrected chi connectivity index (χ4v) is 3.56. The van der Waals surface area contributed by atoms with Crippen LogP contribution < -0.4 is 0 Å². The lowest BCUT2D eigenvalue weighted by Crippen LogP contribution is -2.34. The van der Waals surface area contributed by atoms with Gasteiger partial charge in [-0.05, 0) is 44.0 Å². The molecule has 2 heterocycles. The zero-order valence-corrected chi connectivity index (χ0v) is 14.5. The second kappa shape index (κ2) is 5.23. The molecule has 4 rings (SSSR count). The van der Waals surface area contributed by atoms with Gasteiger partial charge in [-0.15, -0.1) is 10.2 Å². The van der Waals surface area contributed by atoms with Crippen LogP contribution in [0.5, 0.6) is 0 Å². The number of aliphatic imine (C=N–C) groups is 1. The third kappa shape index (κ3) is 2.23. The van der Waals surface area contributed by atoms with Crippen LogP contribution in [-0.4, -0.2) is 21.4 Å². The summed E-state index contributed by atoms with van der Waals surface area (Å²) in [6.07, 6.45) is 0. The average Bonchev–Trinajstić information content (AvgIpc) is 2.58. The van der Waals surface area contributed by atoms with Crippen molar-refractivity contribution in [3.63, 3.8) is 0 Å². The number of aryl methyl sites for hydroxylation is 1. The molecule has 24 heavy (non-hydrogen) atoms. The molecule has 120 valence electrons. The predicted octanol–water partition coefficient (Wildman–Crippen LogP) is 4.67. The Morgan fingerprint density at radius 1 is 0.958 bits per heavy atom. The SMILES string of the molecule is Cc1cccc2c1C(C)C(C)(C)N=C2c1cc2ccccc2nn1. The molecule has 0 radical (unpaired) electrons. The van der Waals surface area contributed by atoms with E-state index in [9.17, 15) is 0 Å². The predicted molar refractivity (Wildman–Crippen MR) is 98.9 cm³/mol. The van der Waals surface area contributed by atoms with Crippen LogP contribution in [0.15, 0.2) is 53.5 Å². The van der Waals surface area contributed by atoms with Gasteiger partial charge in [0.15, 0.2) is 0 Å². The van der Waals surface area contributed by atoms with E-state index in [4.69, 9.17) is 4.99 Å². The van der Waals surface area contributed by atoms with Gasteiger partial charge in [-0.25, -0.2) is 0 Å². The maximum Gasteiger partial charge on any atom is 0.112 e. The van der Waals surface area contributed by atoms with Gasteiger partial charge in [0.05, 0.1) is 16.8 Å². The number of benzene rings is 2. The van der Waals surface area contributed by atoms with Gasteiger partial charge in [-0.3, -0.25) is 4.99 Å². The maximum atomic E-state index is 5.07. The highest BCUT2D eigenvalue weighted by atomic mass is 15.1. The van der Waals surface area contributed by atoms with Gasteiger partial charge in [-0.1, -0.05) is 43.3 Å². The highest BCUT2D eigenvalue weighted by molar-refractivity contribution is 6.14. The molecule has 1 unspecified atom stereocenters. The summed E-state index contributed by atoms with van der Waals surface area (Å²) in [5.74, 6) is 0.367. The molecule has 0 saturated carbocycles. The van der Waals surface area contributed by atoms with Crippen molar-refractivity contribution in [1.29, 1.82) is 0 Å². The molecule has 0 spiro atoms. The van der Waals surface area contributed by atoms with Crippen molar-refractivity contribution in [1.82, 2.24) is 10.2 Å². The topological polar surface area (TPSA) is 38.1 Å². The molecule has 1 aromatic heterocycles. The van der Waals surface area contributed by atoms with Crippen molar-refractivity contribution < 1.29 is 0 Å². The molecule has 0 bridgehead atoms. The molecule has 0 saturated heterocycles. The lowest BCUT2D eigenvalue weighted by atomic mass is 9.75. The van der Waals surface area contributed by atoms with Gasteiger partial charge in [0.1, 0.15) is 5.69 Å². The van der Waals surface area contributed by atoms with Crippen molar-refractivity contribution >= 4 is 16.6 Å². The van der Waals surface area contributed by atoms with E-state index in [2.05, 4.69) is 68.2 Å². The van der Waals surface area contributed by atoms with E-state index >= 15 is 0 Å². The third-order valence-electron chi connectivity index (χ3n) is 5.21. The molecule has 3 nitrogen and oxygen atoms in total. The molecule has 1 aliphatic rings. The summed E-state index contributed by atoms with van der Waals surface area (Å²) in [6, 6.07) is 16.6. The van der Waals surface area contributed by atoms with Gasteiger partial charge < -0.3 is 0 Å². The fraction of sp³-hybridized carbons (Fsp3) is 0.286. The Labute approximate surface area is 142 Å². The summed E-state index contributed by atoms with van der Waals surface area (Å²) in [7, 11) is 0. The Morgan fingerprint density at radius 3 is 2.58 bits per heavy atom. The molecular formula is C21H21N3. The number of hydrogen-bond donors (Lipinski definition) is 0. The van der Waals surface area contributed by atoms with E-state index in [1.165, 1.54) is 16.7 Å². The van der Waals surface area contributed by atoms with E-state index < -0.39 is 0 Å². The third-order valence-corrected chi connectivity index (χ3v) is 5.21. The highest BCUT2D eigenvalue weighted by Gasteiger charge is 2.35. The zero-order valence-electron chi connectivity index (χ0n) is 14.5. The van der Waals surface area contributed by atoms with Crippen LogP contribution in [0.2, 0.25) is 0 Å². The number of rotatable bonds is 1. The van der Waals surface area contributed by atoms with Gasteiger partial charge >= 0.3 is 0 Å².